The van der Waals surface area contributed by atoms with Crippen LogP contribution in [0.1, 0.15) is 32.6 Å². The summed E-state index contributed by atoms with van der Waals surface area (Å²) in [5, 5.41) is -0.103. The summed E-state index contributed by atoms with van der Waals surface area (Å²) >= 11 is 0. The third-order valence-corrected chi connectivity index (χ3v) is 10.7. The smallest absolute Gasteiger partial charge is 0.414 e. The van der Waals surface area contributed by atoms with Gasteiger partial charge in [0.1, 0.15) is 18.3 Å². The van der Waals surface area contributed by atoms with Gasteiger partial charge < -0.3 is 33.6 Å². The maximum absolute atomic E-state index is 12.2. The van der Waals surface area contributed by atoms with Gasteiger partial charge in [0.05, 0.1) is 6.61 Å². The fourth-order valence-corrected chi connectivity index (χ4v) is 4.81. The van der Waals surface area contributed by atoms with Gasteiger partial charge in [0.15, 0.2) is 27.0 Å². The highest BCUT2D eigenvalue weighted by molar-refractivity contribution is 6.74. The predicted octanol–water partition coefficient (Wildman–Crippen LogP) is 3.07. The van der Waals surface area contributed by atoms with Crippen molar-refractivity contribution in [2.75, 3.05) is 13.7 Å². The van der Waals surface area contributed by atoms with E-state index in [2.05, 4.69) is 38.7 Å². The molecule has 2 saturated heterocycles. The van der Waals surface area contributed by atoms with Crippen LogP contribution in [0.2, 0.25) is 18.1 Å². The summed E-state index contributed by atoms with van der Waals surface area (Å²) in [6.07, 6.45) is -3.49. The van der Waals surface area contributed by atoms with E-state index in [1.54, 1.807) is 0 Å². The van der Waals surface area contributed by atoms with E-state index in [4.69, 9.17) is 33.6 Å². The zero-order valence-corrected chi connectivity index (χ0v) is 20.4. The van der Waals surface area contributed by atoms with Gasteiger partial charge in [-0.3, -0.25) is 0 Å². The third-order valence-electron chi connectivity index (χ3n) is 6.24. The molecule has 0 spiro atoms. The number of rotatable bonds is 6. The highest BCUT2D eigenvalue weighted by Crippen LogP contribution is 2.42. The van der Waals surface area contributed by atoms with Crippen LogP contribution in [0.3, 0.4) is 0 Å². The number of fused-ring (bicyclic) bond motifs is 1. The molecule has 0 bridgehead atoms. The second-order valence-corrected chi connectivity index (χ2v) is 14.2. The Morgan fingerprint density at radius 2 is 1.88 bits per heavy atom. The Balaban J connectivity index is 1.96. The molecule has 2 aliphatic heterocycles. The molecule has 1 unspecified atom stereocenters. The van der Waals surface area contributed by atoms with Gasteiger partial charge >= 0.3 is 12.2 Å². The number of benzene rings is 1. The predicted molar refractivity (Wildman–Crippen MR) is 117 cm³/mol. The van der Waals surface area contributed by atoms with Crippen LogP contribution in [0.25, 0.3) is 5.53 Å². The van der Waals surface area contributed by atoms with E-state index in [0.717, 1.165) is 5.56 Å². The standard InChI is InChI=1S/C22H32N2O7Si/c1-22(2,3)32(5,6)31-18-17-15(13-27-20(30-17)14-10-8-7-9-11-14)28-21(26-4)19(18)29-16(25)12-24-23/h7-12,15,17-21H,13H2,1-6H3/t15-,17-,18+,19+,20?,21+/m1/s1. The van der Waals surface area contributed by atoms with E-state index < -0.39 is 51.3 Å². The van der Waals surface area contributed by atoms with Gasteiger partial charge in [-0.15, -0.1) is 0 Å². The van der Waals surface area contributed by atoms with Crippen LogP contribution in [0.15, 0.2) is 30.3 Å². The monoisotopic (exact) mass is 464 g/mol. The van der Waals surface area contributed by atoms with Gasteiger partial charge in [0.25, 0.3) is 0 Å². The van der Waals surface area contributed by atoms with Crippen LogP contribution in [0.4, 0.5) is 0 Å². The molecule has 0 radical (unpaired) electrons. The van der Waals surface area contributed by atoms with Crippen molar-refractivity contribution in [1.29, 1.82) is 0 Å². The zero-order chi connectivity index (χ0) is 23.5. The molecule has 0 amide bonds. The summed E-state index contributed by atoms with van der Waals surface area (Å²) in [5.74, 6) is -0.836. The lowest BCUT2D eigenvalue weighted by atomic mass is 9.97. The molecule has 10 heteroatoms. The van der Waals surface area contributed by atoms with Crippen LogP contribution in [0, 0.1) is 0 Å². The molecular formula is C22H32N2O7Si. The molecule has 176 valence electrons. The maximum Gasteiger partial charge on any atom is 0.414 e. The largest absolute Gasteiger partial charge is 0.446 e. The van der Waals surface area contributed by atoms with Crippen LogP contribution in [-0.4, -0.2) is 69.7 Å². The number of esters is 1. The number of carbonyl (C=O) groups excluding carboxylic acids is 1. The van der Waals surface area contributed by atoms with Gasteiger partial charge in [0, 0.05) is 12.7 Å². The first-order valence-electron chi connectivity index (χ1n) is 10.6. The van der Waals surface area contributed by atoms with Gasteiger partial charge in [-0.2, -0.15) is 4.79 Å². The summed E-state index contributed by atoms with van der Waals surface area (Å²) in [4.78, 5) is 14.9. The number of carbonyl (C=O) groups is 1. The van der Waals surface area contributed by atoms with Crippen LogP contribution in [0.5, 0.6) is 0 Å². The average Bonchev–Trinajstić information content (AvgIpc) is 2.74. The van der Waals surface area contributed by atoms with Crippen molar-refractivity contribution in [1.82, 2.24) is 0 Å². The van der Waals surface area contributed by atoms with E-state index >= 15 is 0 Å². The Labute approximate surface area is 189 Å². The SMILES string of the molecule is CO[C@H]1O[C@@H]2COC(c3ccccc3)O[C@H]2[C@H](O[Si](C)(C)C(C)(C)C)[C@@H]1OC(=O)C=[N+]=[N-]. The summed E-state index contributed by atoms with van der Waals surface area (Å²) in [7, 11) is -0.865. The van der Waals surface area contributed by atoms with Gasteiger partial charge in [0.2, 0.25) is 0 Å². The van der Waals surface area contributed by atoms with Crippen molar-refractivity contribution in [3.8, 4) is 0 Å². The van der Waals surface area contributed by atoms with E-state index in [1.165, 1.54) is 7.11 Å². The minimum absolute atomic E-state index is 0.103. The van der Waals surface area contributed by atoms with Crippen molar-refractivity contribution in [3.63, 3.8) is 0 Å². The summed E-state index contributed by atoms with van der Waals surface area (Å²) in [5.41, 5.74) is 9.60. The van der Waals surface area contributed by atoms with Crippen LogP contribution in [-0.2, 0) is 32.9 Å². The van der Waals surface area contributed by atoms with Gasteiger partial charge in [-0.1, -0.05) is 51.1 Å². The van der Waals surface area contributed by atoms with Crippen molar-refractivity contribution in [3.05, 3.63) is 41.4 Å². The normalized spacial score (nSPS) is 30.7. The molecule has 6 atom stereocenters. The highest BCUT2D eigenvalue weighted by atomic mass is 28.4. The molecule has 9 nitrogen and oxygen atoms in total. The van der Waals surface area contributed by atoms with Crippen LogP contribution >= 0.6 is 0 Å². The zero-order valence-electron chi connectivity index (χ0n) is 19.4. The van der Waals surface area contributed by atoms with Crippen molar-refractivity contribution < 1.29 is 37.7 Å². The Morgan fingerprint density at radius 1 is 1.19 bits per heavy atom. The minimum Gasteiger partial charge on any atom is -0.446 e. The molecule has 3 rings (SSSR count). The Bertz CT molecular complexity index is 838. The van der Waals surface area contributed by atoms with Crippen molar-refractivity contribution in [2.45, 2.75) is 75.9 Å². The topological polar surface area (TPSA) is 109 Å². The van der Waals surface area contributed by atoms with E-state index in [-0.39, 0.29) is 11.6 Å². The molecule has 32 heavy (non-hydrogen) atoms. The number of nitrogens with zero attached hydrogens (tertiary/aromatic N) is 2. The number of ether oxygens (including phenoxy) is 5. The Kier molecular flexibility index (Phi) is 7.67. The first-order valence-corrected chi connectivity index (χ1v) is 13.5. The van der Waals surface area contributed by atoms with E-state index in [1.807, 2.05) is 30.3 Å². The quantitative estimate of drug-likeness (QED) is 0.209. The van der Waals surface area contributed by atoms with Gasteiger partial charge in [-0.25, -0.2) is 4.79 Å². The second kappa shape index (κ2) is 9.92. The molecule has 2 fully saturated rings. The minimum atomic E-state index is -2.33. The Morgan fingerprint density at radius 3 is 2.47 bits per heavy atom. The molecule has 2 aliphatic rings. The molecule has 0 N–H and O–H groups in total. The first kappa shape index (κ1) is 24.7. The van der Waals surface area contributed by atoms with Crippen molar-refractivity contribution >= 4 is 20.5 Å². The lowest BCUT2D eigenvalue weighted by Gasteiger charge is -2.51. The number of hydrogen-bond donors (Lipinski definition) is 0. The fourth-order valence-electron chi connectivity index (χ4n) is 3.50. The first-order chi connectivity index (χ1) is 15.1. The summed E-state index contributed by atoms with van der Waals surface area (Å²) < 4.78 is 36.1. The molecule has 2 heterocycles. The average molecular weight is 465 g/mol. The number of hydrogen-bond acceptors (Lipinski definition) is 7. The third kappa shape index (κ3) is 5.35. The summed E-state index contributed by atoms with van der Waals surface area (Å²) in [6.45, 7) is 10.9. The summed E-state index contributed by atoms with van der Waals surface area (Å²) in [6, 6.07) is 9.59. The lowest BCUT2D eigenvalue weighted by Crippen LogP contribution is -2.66. The molecule has 1 aromatic rings. The fraction of sp³-hybridized carbons (Fsp3) is 0.636. The second-order valence-electron chi connectivity index (χ2n) is 9.44. The molecule has 0 aliphatic carbocycles. The van der Waals surface area contributed by atoms with E-state index in [9.17, 15) is 4.79 Å². The highest BCUT2D eigenvalue weighted by Gasteiger charge is 2.55. The van der Waals surface area contributed by atoms with Crippen molar-refractivity contribution in [2.24, 2.45) is 0 Å². The molecule has 0 aromatic heterocycles. The lowest BCUT2D eigenvalue weighted by molar-refractivity contribution is -0.356. The van der Waals surface area contributed by atoms with Gasteiger partial charge in [-0.05, 0) is 18.1 Å². The van der Waals surface area contributed by atoms with Crippen LogP contribution < -0.4 is 0 Å². The van der Waals surface area contributed by atoms with E-state index in [0.29, 0.717) is 6.21 Å². The Hall–Kier alpha value is -1.91. The number of methoxy groups -OCH3 is 1. The molecule has 0 saturated carbocycles. The maximum atomic E-state index is 12.2. The molecule has 1 aromatic carbocycles. The molecular weight excluding hydrogens is 432 g/mol.